The summed E-state index contributed by atoms with van der Waals surface area (Å²) in [7, 11) is 0. The van der Waals surface area contributed by atoms with Crippen LogP contribution in [0.3, 0.4) is 0 Å². The van der Waals surface area contributed by atoms with E-state index in [1.54, 1.807) is 0 Å². The molecule has 1 aliphatic heterocycles. The first-order chi connectivity index (χ1) is 8.54. The van der Waals surface area contributed by atoms with Gasteiger partial charge < -0.3 is 15.3 Å². The van der Waals surface area contributed by atoms with E-state index in [0.717, 1.165) is 45.2 Å². The summed E-state index contributed by atoms with van der Waals surface area (Å²) < 4.78 is 0. The Kier molecular flexibility index (Phi) is 6.65. The summed E-state index contributed by atoms with van der Waals surface area (Å²) in [6.45, 7) is 8.70. The number of nitrogens with one attached hydrogen (secondary N) is 1. The van der Waals surface area contributed by atoms with E-state index in [1.807, 2.05) is 6.92 Å². The molecule has 0 aromatic rings. The van der Waals surface area contributed by atoms with Crippen molar-refractivity contribution in [2.45, 2.75) is 71.0 Å². The Morgan fingerprint density at radius 3 is 2.67 bits per heavy atom. The Balaban J connectivity index is 2.44. The van der Waals surface area contributed by atoms with Crippen molar-refractivity contribution >= 4 is 5.97 Å². The van der Waals surface area contributed by atoms with Gasteiger partial charge in [-0.1, -0.05) is 13.3 Å². The lowest BCUT2D eigenvalue weighted by Gasteiger charge is -2.25. The van der Waals surface area contributed by atoms with Crippen LogP contribution in [0.1, 0.15) is 52.9 Å². The van der Waals surface area contributed by atoms with Crippen molar-refractivity contribution in [3.63, 3.8) is 0 Å². The first-order valence-corrected chi connectivity index (χ1v) is 7.27. The molecule has 4 heteroatoms. The molecule has 2 N–H and O–H groups in total. The van der Waals surface area contributed by atoms with Crippen LogP contribution < -0.4 is 5.32 Å². The fourth-order valence-electron chi connectivity index (χ4n) is 2.65. The molecule has 0 saturated carbocycles. The number of hydrogen-bond donors (Lipinski definition) is 2. The average Bonchev–Trinajstić information content (AvgIpc) is 2.54. The second-order valence-electron chi connectivity index (χ2n) is 5.60. The van der Waals surface area contributed by atoms with Crippen LogP contribution in [0.2, 0.25) is 0 Å². The zero-order valence-corrected chi connectivity index (χ0v) is 12.0. The van der Waals surface area contributed by atoms with E-state index < -0.39 is 5.97 Å². The smallest absolute Gasteiger partial charge is 0.320 e. The van der Waals surface area contributed by atoms with E-state index in [-0.39, 0.29) is 6.04 Å². The van der Waals surface area contributed by atoms with E-state index in [9.17, 15) is 9.90 Å². The number of rotatable bonds is 6. The number of hydrogen-bond acceptors (Lipinski definition) is 3. The quantitative estimate of drug-likeness (QED) is 0.764. The van der Waals surface area contributed by atoms with Gasteiger partial charge in [0, 0.05) is 12.1 Å². The van der Waals surface area contributed by atoms with Crippen molar-refractivity contribution in [1.29, 1.82) is 0 Å². The minimum Gasteiger partial charge on any atom is -0.480 e. The maximum Gasteiger partial charge on any atom is 0.320 e. The van der Waals surface area contributed by atoms with Crippen molar-refractivity contribution in [2.75, 3.05) is 13.1 Å². The first-order valence-electron chi connectivity index (χ1n) is 7.27. The maximum atomic E-state index is 11.1. The lowest BCUT2D eigenvalue weighted by molar-refractivity contribution is -0.139. The third kappa shape index (κ3) is 4.94. The highest BCUT2D eigenvalue weighted by atomic mass is 16.4. The van der Waals surface area contributed by atoms with Gasteiger partial charge in [0.05, 0.1) is 0 Å². The summed E-state index contributed by atoms with van der Waals surface area (Å²) in [6, 6.07) is 0.585. The van der Waals surface area contributed by atoms with Crippen LogP contribution in [-0.4, -0.2) is 47.2 Å². The van der Waals surface area contributed by atoms with Crippen molar-refractivity contribution in [3.8, 4) is 0 Å². The van der Waals surface area contributed by atoms with Gasteiger partial charge in [0.15, 0.2) is 0 Å². The van der Waals surface area contributed by atoms with E-state index in [0.29, 0.717) is 12.1 Å². The van der Waals surface area contributed by atoms with Crippen LogP contribution in [0.4, 0.5) is 0 Å². The van der Waals surface area contributed by atoms with Gasteiger partial charge in [-0.3, -0.25) is 4.79 Å². The number of carboxylic acid groups (broad SMARTS) is 1. The summed E-state index contributed by atoms with van der Waals surface area (Å²) in [4.78, 5) is 13.6. The van der Waals surface area contributed by atoms with E-state index in [2.05, 4.69) is 24.1 Å². The van der Waals surface area contributed by atoms with Gasteiger partial charge >= 0.3 is 5.97 Å². The highest BCUT2D eigenvalue weighted by Gasteiger charge is 2.23. The standard InChI is InChI=1S/C14H28N2O2/c1-4-6-13(14(17)18)15-12-7-5-9-16(10-8-12)11(2)3/h11-13,15H,4-10H2,1-3H3,(H,17,18). The summed E-state index contributed by atoms with van der Waals surface area (Å²) >= 11 is 0. The zero-order valence-electron chi connectivity index (χ0n) is 12.0. The van der Waals surface area contributed by atoms with Gasteiger partial charge in [-0.25, -0.2) is 0 Å². The van der Waals surface area contributed by atoms with E-state index in [1.165, 1.54) is 0 Å². The van der Waals surface area contributed by atoms with Gasteiger partial charge in [-0.15, -0.1) is 0 Å². The monoisotopic (exact) mass is 256 g/mol. The molecule has 0 aromatic carbocycles. The summed E-state index contributed by atoms with van der Waals surface area (Å²) in [5, 5.41) is 12.5. The highest BCUT2D eigenvalue weighted by Crippen LogP contribution is 2.14. The van der Waals surface area contributed by atoms with Gasteiger partial charge in [-0.2, -0.15) is 0 Å². The first kappa shape index (κ1) is 15.4. The fourth-order valence-corrected chi connectivity index (χ4v) is 2.65. The number of carboxylic acids is 1. The molecular formula is C14H28N2O2. The molecule has 0 aliphatic carbocycles. The Morgan fingerprint density at radius 1 is 1.39 bits per heavy atom. The molecule has 106 valence electrons. The topological polar surface area (TPSA) is 52.6 Å². The second-order valence-corrected chi connectivity index (χ2v) is 5.60. The van der Waals surface area contributed by atoms with E-state index >= 15 is 0 Å². The SMILES string of the molecule is CCCC(NC1CCCN(C(C)C)CC1)C(=O)O. The lowest BCUT2D eigenvalue weighted by atomic mass is 10.1. The molecule has 1 fully saturated rings. The Bertz CT molecular complexity index is 256. The number of likely N-dealkylation sites (tertiary alicyclic amines) is 1. The Hall–Kier alpha value is -0.610. The predicted molar refractivity (Wildman–Crippen MR) is 73.8 cm³/mol. The molecule has 1 heterocycles. The molecule has 4 nitrogen and oxygen atoms in total. The lowest BCUT2D eigenvalue weighted by Crippen LogP contribution is -2.43. The van der Waals surface area contributed by atoms with Crippen molar-refractivity contribution in [3.05, 3.63) is 0 Å². The normalized spacial score (nSPS) is 23.9. The molecule has 1 rings (SSSR count). The summed E-state index contributed by atoms with van der Waals surface area (Å²) in [5.74, 6) is -0.707. The van der Waals surface area contributed by atoms with Gasteiger partial charge in [-0.05, 0) is 52.6 Å². The van der Waals surface area contributed by atoms with Crippen LogP contribution in [0, 0.1) is 0 Å². The van der Waals surface area contributed by atoms with Crippen LogP contribution in [0.5, 0.6) is 0 Å². The Labute approximate surface area is 111 Å². The molecule has 2 atom stereocenters. The molecule has 0 amide bonds. The largest absolute Gasteiger partial charge is 0.480 e. The highest BCUT2D eigenvalue weighted by molar-refractivity contribution is 5.73. The van der Waals surface area contributed by atoms with Crippen LogP contribution >= 0.6 is 0 Å². The Morgan fingerprint density at radius 2 is 2.11 bits per heavy atom. The van der Waals surface area contributed by atoms with Gasteiger partial charge in [0.25, 0.3) is 0 Å². The average molecular weight is 256 g/mol. The predicted octanol–water partition coefficient (Wildman–Crippen LogP) is 2.09. The summed E-state index contributed by atoms with van der Waals surface area (Å²) in [5.41, 5.74) is 0. The van der Waals surface area contributed by atoms with Gasteiger partial charge in [0.1, 0.15) is 6.04 Å². The molecule has 0 radical (unpaired) electrons. The van der Waals surface area contributed by atoms with Crippen LogP contribution in [0.15, 0.2) is 0 Å². The zero-order chi connectivity index (χ0) is 13.5. The van der Waals surface area contributed by atoms with Gasteiger partial charge in [0.2, 0.25) is 0 Å². The molecule has 0 spiro atoms. The number of carbonyl (C=O) groups is 1. The summed E-state index contributed by atoms with van der Waals surface area (Å²) in [6.07, 6.45) is 4.95. The molecule has 0 aromatic heterocycles. The number of aliphatic carboxylic acids is 1. The van der Waals surface area contributed by atoms with Crippen molar-refractivity contribution in [2.24, 2.45) is 0 Å². The van der Waals surface area contributed by atoms with Crippen LogP contribution in [-0.2, 0) is 4.79 Å². The van der Waals surface area contributed by atoms with Crippen molar-refractivity contribution in [1.82, 2.24) is 10.2 Å². The second kappa shape index (κ2) is 7.74. The fraction of sp³-hybridized carbons (Fsp3) is 0.929. The number of nitrogens with zero attached hydrogens (tertiary/aromatic N) is 1. The maximum absolute atomic E-state index is 11.1. The van der Waals surface area contributed by atoms with Crippen molar-refractivity contribution < 1.29 is 9.90 Å². The molecule has 18 heavy (non-hydrogen) atoms. The molecular weight excluding hydrogens is 228 g/mol. The molecule has 1 saturated heterocycles. The van der Waals surface area contributed by atoms with Crippen LogP contribution in [0.25, 0.3) is 0 Å². The third-order valence-electron chi connectivity index (χ3n) is 3.81. The molecule has 2 unspecified atom stereocenters. The third-order valence-corrected chi connectivity index (χ3v) is 3.81. The molecule has 0 bridgehead atoms. The minimum atomic E-state index is -0.707. The van der Waals surface area contributed by atoms with E-state index in [4.69, 9.17) is 0 Å². The molecule has 1 aliphatic rings. The minimum absolute atomic E-state index is 0.362.